The molecule has 0 heterocycles. The van der Waals surface area contributed by atoms with E-state index >= 15 is 0 Å². The first-order chi connectivity index (χ1) is 12.1. The van der Waals surface area contributed by atoms with Gasteiger partial charge in [0.15, 0.2) is 0 Å². The van der Waals surface area contributed by atoms with E-state index in [1.807, 2.05) is 30.9 Å². The maximum absolute atomic E-state index is 11.7. The van der Waals surface area contributed by atoms with Gasteiger partial charge in [-0.25, -0.2) is 0 Å². The van der Waals surface area contributed by atoms with Gasteiger partial charge in [0.2, 0.25) is 0 Å². The molecule has 0 radical (unpaired) electrons. The minimum atomic E-state index is -0.628. The molecule has 0 amide bonds. The third kappa shape index (κ3) is 11.9. The maximum Gasteiger partial charge on any atom is 0.311 e. The van der Waals surface area contributed by atoms with Crippen molar-refractivity contribution in [3.63, 3.8) is 0 Å². The van der Waals surface area contributed by atoms with E-state index in [4.69, 9.17) is 9.47 Å². The van der Waals surface area contributed by atoms with E-state index in [0.717, 1.165) is 6.42 Å². The van der Waals surface area contributed by atoms with Crippen LogP contribution < -0.4 is 0 Å². The number of hydrogen-bond acceptors (Lipinski definition) is 4. The number of carbonyl (C=O) groups excluding carboxylic acids is 1. The number of methoxy groups -OCH3 is 1. The average Bonchev–Trinajstić information content (AvgIpc) is 2.55. The summed E-state index contributed by atoms with van der Waals surface area (Å²) in [5.74, 6) is 0.214. The number of allylic oxidation sites excluding steroid dienone is 2. The maximum atomic E-state index is 11.7. The van der Waals surface area contributed by atoms with E-state index in [1.54, 1.807) is 13.2 Å². The first kappa shape index (κ1) is 25.3. The first-order valence-electron chi connectivity index (χ1n) is 9.10. The second kappa shape index (κ2) is 13.5. The molecule has 0 fully saturated rings. The highest BCUT2D eigenvalue weighted by Gasteiger charge is 2.22. The summed E-state index contributed by atoms with van der Waals surface area (Å²) in [6.45, 7) is 9.92. The van der Waals surface area contributed by atoms with Gasteiger partial charge in [0.25, 0.3) is 0 Å². The topological polar surface area (TPSA) is 55.8 Å². The van der Waals surface area contributed by atoms with Gasteiger partial charge >= 0.3 is 5.97 Å². The van der Waals surface area contributed by atoms with Gasteiger partial charge in [0, 0.05) is 13.5 Å². The lowest BCUT2D eigenvalue weighted by Gasteiger charge is -2.17. The van der Waals surface area contributed by atoms with Crippen molar-refractivity contribution in [3.05, 3.63) is 34.0 Å². The molecule has 0 bridgehead atoms. The van der Waals surface area contributed by atoms with Crippen LogP contribution in [0.2, 0.25) is 0 Å². The molecule has 0 saturated heterocycles. The van der Waals surface area contributed by atoms with E-state index in [1.165, 1.54) is 5.57 Å². The largest absolute Gasteiger partial charge is 0.465 e. The van der Waals surface area contributed by atoms with Crippen molar-refractivity contribution in [2.24, 2.45) is 11.3 Å². The van der Waals surface area contributed by atoms with Gasteiger partial charge in [-0.1, -0.05) is 53.8 Å². The van der Waals surface area contributed by atoms with Crippen molar-refractivity contribution < 1.29 is 19.4 Å². The average molecular weight is 478 g/mol. The summed E-state index contributed by atoms with van der Waals surface area (Å²) in [6.07, 6.45) is 9.54. The lowest BCUT2D eigenvalue weighted by atomic mass is 9.97. The quantitative estimate of drug-likeness (QED) is 0.252. The molecule has 0 aliphatic heterocycles. The van der Waals surface area contributed by atoms with E-state index in [2.05, 4.69) is 48.6 Å². The zero-order chi connectivity index (χ0) is 20.2. The van der Waals surface area contributed by atoms with Gasteiger partial charge in [0.1, 0.15) is 0 Å². The molecule has 4 nitrogen and oxygen atoms in total. The van der Waals surface area contributed by atoms with Gasteiger partial charge in [0.05, 0.1) is 24.2 Å². The van der Waals surface area contributed by atoms with Gasteiger partial charge in [-0.2, -0.15) is 0 Å². The van der Waals surface area contributed by atoms with Crippen LogP contribution in [-0.2, 0) is 14.3 Å². The third-order valence-corrected chi connectivity index (χ3v) is 4.41. The van der Waals surface area contributed by atoms with Crippen LogP contribution in [0.25, 0.3) is 0 Å². The van der Waals surface area contributed by atoms with E-state index in [9.17, 15) is 9.90 Å². The zero-order valence-electron chi connectivity index (χ0n) is 17.0. The number of aliphatic hydroxyl groups excluding tert-OH is 1. The summed E-state index contributed by atoms with van der Waals surface area (Å²) in [5, 5.41) is 9.99. The van der Waals surface area contributed by atoms with Crippen molar-refractivity contribution in [1.82, 2.24) is 0 Å². The van der Waals surface area contributed by atoms with Crippen molar-refractivity contribution in [2.75, 3.05) is 13.7 Å². The summed E-state index contributed by atoms with van der Waals surface area (Å²) in [4.78, 5) is 11.7. The van der Waals surface area contributed by atoms with Crippen LogP contribution in [0.15, 0.2) is 34.0 Å². The van der Waals surface area contributed by atoms with Gasteiger partial charge in [-0.15, -0.1) is 0 Å². The SMILES string of the molecule is CO[C@@H](C/C=C/[C@@H](O)CCOC(=O)C(C)(C)C)/C(C)=C/[C@@H](C)C/C=C/I. The predicted octanol–water partition coefficient (Wildman–Crippen LogP) is 5.21. The second-order valence-electron chi connectivity index (χ2n) is 7.62. The van der Waals surface area contributed by atoms with Crippen LogP contribution in [0, 0.1) is 11.3 Å². The number of hydrogen-bond donors (Lipinski definition) is 1. The molecule has 0 aromatic rings. The van der Waals surface area contributed by atoms with Gasteiger partial charge < -0.3 is 14.6 Å². The molecule has 0 aliphatic rings. The Morgan fingerprint density at radius 2 is 1.88 bits per heavy atom. The van der Waals surface area contributed by atoms with E-state index in [-0.39, 0.29) is 18.7 Å². The van der Waals surface area contributed by atoms with E-state index in [0.29, 0.717) is 18.8 Å². The Hall–Kier alpha value is -0.660. The number of esters is 1. The lowest BCUT2D eigenvalue weighted by Crippen LogP contribution is -2.24. The first-order valence-corrected chi connectivity index (χ1v) is 10.3. The molecule has 0 spiro atoms. The highest BCUT2D eigenvalue weighted by Crippen LogP contribution is 2.17. The molecule has 0 unspecified atom stereocenters. The van der Waals surface area contributed by atoms with Gasteiger partial charge in [-0.05, 0) is 56.1 Å². The summed E-state index contributed by atoms with van der Waals surface area (Å²) >= 11 is 2.23. The fraction of sp³-hybridized carbons (Fsp3) is 0.667. The molecule has 0 aliphatic carbocycles. The number of halogens is 1. The molecule has 0 aromatic carbocycles. The standard InChI is InChI=1S/C21H35IO4/c1-16(9-8-13-22)15-17(2)19(25-6)11-7-10-18(23)12-14-26-20(24)21(3,4)5/h7-8,10,13,15-16,18-19,23H,9,11-12,14H2,1-6H3/b10-7+,13-8+,17-15+/t16-,18+,19-/m0/s1. The van der Waals surface area contributed by atoms with Crippen molar-refractivity contribution in [2.45, 2.75) is 66.1 Å². The molecule has 26 heavy (non-hydrogen) atoms. The monoisotopic (exact) mass is 478 g/mol. The molecule has 150 valence electrons. The summed E-state index contributed by atoms with van der Waals surface area (Å²) in [6, 6.07) is 0. The minimum absolute atomic E-state index is 0.00296. The number of rotatable bonds is 11. The highest BCUT2D eigenvalue weighted by molar-refractivity contribution is 14.1. The third-order valence-electron chi connectivity index (χ3n) is 3.90. The molecular weight excluding hydrogens is 443 g/mol. The number of aliphatic hydroxyl groups is 1. The van der Waals surface area contributed by atoms with Crippen LogP contribution in [0.1, 0.15) is 53.9 Å². The summed E-state index contributed by atoms with van der Waals surface area (Å²) in [7, 11) is 1.70. The van der Waals surface area contributed by atoms with Gasteiger partial charge in [-0.3, -0.25) is 4.79 Å². The Morgan fingerprint density at radius 3 is 2.42 bits per heavy atom. The molecule has 1 N–H and O–H groups in total. The highest BCUT2D eigenvalue weighted by atomic mass is 127. The Balaban J connectivity index is 4.37. The Kier molecular flexibility index (Phi) is 13.2. The zero-order valence-corrected chi connectivity index (χ0v) is 19.2. The molecule has 0 aromatic heterocycles. The predicted molar refractivity (Wildman–Crippen MR) is 116 cm³/mol. The van der Waals surface area contributed by atoms with E-state index < -0.39 is 11.5 Å². The van der Waals surface area contributed by atoms with Crippen LogP contribution in [0.5, 0.6) is 0 Å². The van der Waals surface area contributed by atoms with Crippen molar-refractivity contribution >= 4 is 28.6 Å². The van der Waals surface area contributed by atoms with Crippen LogP contribution in [-0.4, -0.2) is 37.0 Å². The molecule has 0 saturated carbocycles. The van der Waals surface area contributed by atoms with Crippen LogP contribution in [0.3, 0.4) is 0 Å². The Bertz CT molecular complexity index is 489. The fourth-order valence-electron chi connectivity index (χ4n) is 2.30. The molecular formula is C21H35IO4. The molecule has 5 heteroatoms. The fourth-order valence-corrected chi connectivity index (χ4v) is 2.60. The summed E-state index contributed by atoms with van der Waals surface area (Å²) in [5.41, 5.74) is 0.681. The lowest BCUT2D eigenvalue weighted by molar-refractivity contribution is -0.153. The van der Waals surface area contributed by atoms with Crippen LogP contribution in [0.4, 0.5) is 0 Å². The molecule has 0 rings (SSSR count). The number of carbonyl (C=O) groups is 1. The smallest absolute Gasteiger partial charge is 0.311 e. The van der Waals surface area contributed by atoms with Crippen LogP contribution >= 0.6 is 22.6 Å². The second-order valence-corrected chi connectivity index (χ2v) is 8.33. The Morgan fingerprint density at radius 1 is 1.23 bits per heavy atom. The van der Waals surface area contributed by atoms with Crippen molar-refractivity contribution in [3.8, 4) is 0 Å². The normalized spacial score (nSPS) is 16.8. The number of ether oxygens (including phenoxy) is 2. The minimum Gasteiger partial charge on any atom is -0.465 e. The molecule has 3 atom stereocenters. The summed E-state index contributed by atoms with van der Waals surface area (Å²) < 4.78 is 12.8. The Labute approximate surface area is 172 Å². The van der Waals surface area contributed by atoms with Crippen molar-refractivity contribution in [1.29, 1.82) is 0 Å².